The van der Waals surface area contributed by atoms with Gasteiger partial charge in [0.1, 0.15) is 30.2 Å². The predicted molar refractivity (Wildman–Crippen MR) is 197 cm³/mol. The van der Waals surface area contributed by atoms with Gasteiger partial charge in [0, 0.05) is 36.6 Å². The quantitative estimate of drug-likeness (QED) is 0.0451. The number of likely N-dealkylation sites (tertiary alicyclic amines) is 1. The van der Waals surface area contributed by atoms with Gasteiger partial charge in [-0.15, -0.1) is 0 Å². The number of amides is 5. The molecule has 0 unspecified atom stereocenters. The van der Waals surface area contributed by atoms with Crippen LogP contribution in [0.5, 0.6) is 0 Å². The van der Waals surface area contributed by atoms with Crippen LogP contribution in [0.1, 0.15) is 65.4 Å². The summed E-state index contributed by atoms with van der Waals surface area (Å²) in [5.41, 5.74) is 17.8. The third kappa shape index (κ3) is 12.2. The predicted octanol–water partition coefficient (Wildman–Crippen LogP) is -1.45. The molecule has 292 valence electrons. The van der Waals surface area contributed by atoms with E-state index >= 15 is 0 Å². The van der Waals surface area contributed by atoms with Crippen molar-refractivity contribution in [3.63, 3.8) is 0 Å². The first kappa shape index (κ1) is 42.2. The van der Waals surface area contributed by atoms with E-state index in [9.17, 15) is 39.0 Å². The highest BCUT2D eigenvalue weighted by Gasteiger charge is 2.40. The zero-order valence-electron chi connectivity index (χ0n) is 30.6. The molecule has 0 spiro atoms. The number of nitrogens with one attached hydrogen (secondary N) is 5. The number of aliphatic hydroxyl groups is 1. The number of guanidine groups is 1. The van der Waals surface area contributed by atoms with Crippen LogP contribution in [0.4, 0.5) is 0 Å². The van der Waals surface area contributed by atoms with Crippen molar-refractivity contribution in [1.82, 2.24) is 31.2 Å². The first-order valence-electron chi connectivity index (χ1n) is 17.8. The van der Waals surface area contributed by atoms with E-state index in [1.165, 1.54) is 18.7 Å². The Labute approximate surface area is 308 Å². The van der Waals surface area contributed by atoms with Crippen LogP contribution in [0.3, 0.4) is 0 Å². The second-order valence-corrected chi connectivity index (χ2v) is 13.9. The molecule has 7 atom stereocenters. The summed E-state index contributed by atoms with van der Waals surface area (Å²) in [6.45, 7) is 6.83. The van der Waals surface area contributed by atoms with Crippen LogP contribution >= 0.6 is 0 Å². The molecule has 1 fully saturated rings. The lowest BCUT2D eigenvalue weighted by Gasteiger charge is -2.31. The summed E-state index contributed by atoms with van der Waals surface area (Å²) in [6, 6.07) is 0.355. The summed E-state index contributed by atoms with van der Waals surface area (Å²) in [4.78, 5) is 87.8. The van der Waals surface area contributed by atoms with Crippen molar-refractivity contribution in [2.24, 2.45) is 28.1 Å². The summed E-state index contributed by atoms with van der Waals surface area (Å²) < 4.78 is 0. The Morgan fingerprint density at radius 3 is 2.25 bits per heavy atom. The number of carbonyl (C=O) groups excluding carboxylic acids is 5. The standard InChI is InChI=1S/C35H54N10O8/c1-18(2)15-26(33(51)45-14-8-12-27(45)31(49)41-24(34(52)53)11-7-13-39-35(37)38)43-30(48)25(16-21-17-40-23-10-6-5-9-22(21)23)42-32(50)28(20(4)46)44-29(47)19(3)36/h5-6,9-10,17-20,24-28,40,46H,7-8,11-16,36H2,1-4H3,(H,41,49)(H,42,50)(H,43,48)(H,44,47)(H,52,53)(H4,37,38,39)/t19-,20+,24-,25-,26-,27-,28-/m0/s1. The van der Waals surface area contributed by atoms with Crippen molar-refractivity contribution in [3.05, 3.63) is 36.0 Å². The molecule has 53 heavy (non-hydrogen) atoms. The van der Waals surface area contributed by atoms with Crippen LogP contribution in [-0.2, 0) is 35.2 Å². The van der Waals surface area contributed by atoms with Gasteiger partial charge in [0.05, 0.1) is 12.1 Å². The Kier molecular flexibility index (Phi) is 15.6. The number of carboxylic acid groups (broad SMARTS) is 1. The molecule has 1 aliphatic heterocycles. The van der Waals surface area contributed by atoms with Gasteiger partial charge < -0.3 is 58.6 Å². The first-order chi connectivity index (χ1) is 25.0. The van der Waals surface area contributed by atoms with E-state index in [2.05, 4.69) is 31.2 Å². The molecule has 13 N–H and O–H groups in total. The fraction of sp³-hybridized carbons (Fsp3) is 0.571. The number of aromatic nitrogens is 1. The number of aliphatic carboxylic acids is 1. The molecule has 2 aromatic rings. The Hall–Kier alpha value is -5.23. The highest BCUT2D eigenvalue weighted by molar-refractivity contribution is 5.97. The van der Waals surface area contributed by atoms with Crippen LogP contribution < -0.4 is 38.5 Å². The maximum atomic E-state index is 14.1. The number of rotatable bonds is 19. The smallest absolute Gasteiger partial charge is 0.326 e. The summed E-state index contributed by atoms with van der Waals surface area (Å²) in [6.07, 6.45) is 1.63. The molecule has 18 heteroatoms. The van der Waals surface area contributed by atoms with Crippen LogP contribution in [0, 0.1) is 5.92 Å². The highest BCUT2D eigenvalue weighted by Crippen LogP contribution is 2.22. The summed E-state index contributed by atoms with van der Waals surface area (Å²) >= 11 is 0. The molecular formula is C35H54N10O8. The fourth-order valence-electron chi connectivity index (χ4n) is 6.18. The first-order valence-corrected chi connectivity index (χ1v) is 17.8. The van der Waals surface area contributed by atoms with Crippen LogP contribution in [-0.4, -0.2) is 117 Å². The van der Waals surface area contributed by atoms with E-state index in [4.69, 9.17) is 17.2 Å². The number of benzene rings is 1. The molecule has 0 bridgehead atoms. The number of H-pyrrole nitrogens is 1. The van der Waals surface area contributed by atoms with Gasteiger partial charge in [-0.3, -0.25) is 29.0 Å². The molecule has 0 radical (unpaired) electrons. The van der Waals surface area contributed by atoms with E-state index in [0.717, 1.165) is 10.9 Å². The maximum Gasteiger partial charge on any atom is 0.326 e. The average molecular weight is 743 g/mol. The molecule has 3 rings (SSSR count). The minimum atomic E-state index is -1.44. The zero-order chi connectivity index (χ0) is 39.4. The number of carboxylic acids is 1. The number of hydrogen-bond donors (Lipinski definition) is 10. The van der Waals surface area contributed by atoms with E-state index < -0.39 is 77.9 Å². The normalized spacial score (nSPS) is 17.6. The van der Waals surface area contributed by atoms with Crippen molar-refractivity contribution >= 4 is 52.4 Å². The lowest BCUT2D eigenvalue weighted by atomic mass is 9.99. The largest absolute Gasteiger partial charge is 0.480 e. The van der Waals surface area contributed by atoms with Gasteiger partial charge in [-0.2, -0.15) is 0 Å². The Morgan fingerprint density at radius 1 is 0.943 bits per heavy atom. The number of para-hydroxylation sites is 1. The van der Waals surface area contributed by atoms with Gasteiger partial charge in [-0.05, 0) is 63.5 Å². The average Bonchev–Trinajstić information content (AvgIpc) is 3.74. The van der Waals surface area contributed by atoms with Gasteiger partial charge in [-0.25, -0.2) is 4.79 Å². The number of aliphatic imine (C=N–C) groups is 1. The number of nitrogens with zero attached hydrogens (tertiary/aromatic N) is 2. The number of hydrogen-bond acceptors (Lipinski definition) is 9. The van der Waals surface area contributed by atoms with Crippen LogP contribution in [0.15, 0.2) is 35.5 Å². The second kappa shape index (κ2) is 19.6. The molecule has 18 nitrogen and oxygen atoms in total. The molecule has 1 aromatic heterocycles. The van der Waals surface area contributed by atoms with E-state index in [1.54, 1.807) is 6.20 Å². The van der Waals surface area contributed by atoms with Crippen LogP contribution in [0.2, 0.25) is 0 Å². The van der Waals surface area contributed by atoms with Gasteiger partial charge in [0.15, 0.2) is 5.96 Å². The van der Waals surface area contributed by atoms with Crippen molar-refractivity contribution in [3.8, 4) is 0 Å². The minimum Gasteiger partial charge on any atom is -0.480 e. The third-order valence-corrected chi connectivity index (χ3v) is 8.93. The van der Waals surface area contributed by atoms with Crippen molar-refractivity contribution in [1.29, 1.82) is 0 Å². The second-order valence-electron chi connectivity index (χ2n) is 13.9. The molecule has 1 saturated heterocycles. The SMILES string of the molecule is CC(C)C[C@H](NC(=O)[C@H](Cc1c[nH]c2ccccc12)NC(=O)[C@@H](NC(=O)[C@H](C)N)[C@@H](C)O)C(=O)N1CCC[C@H]1C(=O)N[C@@H](CCCN=C(N)N)C(=O)O. The van der Waals surface area contributed by atoms with Gasteiger partial charge in [0.2, 0.25) is 29.5 Å². The molecule has 5 amide bonds. The number of aliphatic hydroxyl groups excluding tert-OH is 1. The van der Waals surface area contributed by atoms with Gasteiger partial charge in [-0.1, -0.05) is 32.0 Å². The number of carbonyl (C=O) groups is 6. The van der Waals surface area contributed by atoms with E-state index in [0.29, 0.717) is 12.0 Å². The van der Waals surface area contributed by atoms with E-state index in [-0.39, 0.29) is 57.1 Å². The Bertz CT molecular complexity index is 1640. The molecule has 1 aromatic carbocycles. The molecule has 0 aliphatic carbocycles. The lowest BCUT2D eigenvalue weighted by Crippen LogP contribution is -2.61. The number of fused-ring (bicyclic) bond motifs is 1. The van der Waals surface area contributed by atoms with Gasteiger partial charge >= 0.3 is 5.97 Å². The lowest BCUT2D eigenvalue weighted by molar-refractivity contribution is -0.145. The number of nitrogens with two attached hydrogens (primary N) is 3. The monoisotopic (exact) mass is 742 g/mol. The summed E-state index contributed by atoms with van der Waals surface area (Å²) in [5.74, 6) is -4.88. The molecule has 1 aliphatic rings. The zero-order valence-corrected chi connectivity index (χ0v) is 30.6. The number of aromatic amines is 1. The summed E-state index contributed by atoms with van der Waals surface area (Å²) in [7, 11) is 0. The summed E-state index contributed by atoms with van der Waals surface area (Å²) in [5, 5.41) is 31.3. The molecule has 2 heterocycles. The van der Waals surface area contributed by atoms with Crippen molar-refractivity contribution in [2.45, 2.75) is 109 Å². The van der Waals surface area contributed by atoms with Crippen LogP contribution in [0.25, 0.3) is 10.9 Å². The van der Waals surface area contributed by atoms with Crippen molar-refractivity contribution < 1.29 is 39.0 Å². The fourth-order valence-corrected chi connectivity index (χ4v) is 6.18. The molecular weight excluding hydrogens is 688 g/mol. The topological polar surface area (TPSA) is 300 Å². The third-order valence-electron chi connectivity index (χ3n) is 8.93. The Balaban J connectivity index is 1.86. The van der Waals surface area contributed by atoms with E-state index in [1.807, 2.05) is 38.1 Å². The molecule has 0 saturated carbocycles. The Morgan fingerprint density at radius 2 is 1.62 bits per heavy atom. The minimum absolute atomic E-state index is 0.0214. The highest BCUT2D eigenvalue weighted by atomic mass is 16.4. The van der Waals surface area contributed by atoms with Gasteiger partial charge in [0.25, 0.3) is 0 Å². The maximum absolute atomic E-state index is 14.1. The van der Waals surface area contributed by atoms with Crippen molar-refractivity contribution in [2.75, 3.05) is 13.1 Å².